The summed E-state index contributed by atoms with van der Waals surface area (Å²) in [6.07, 6.45) is 2.33. The average Bonchev–Trinajstić information content (AvgIpc) is 2.60. The van der Waals surface area contributed by atoms with Crippen LogP contribution in [0.5, 0.6) is 0 Å². The predicted octanol–water partition coefficient (Wildman–Crippen LogP) is 1.25. The van der Waals surface area contributed by atoms with Crippen molar-refractivity contribution >= 4 is 21.4 Å². The maximum absolute atomic E-state index is 11.8. The molecule has 0 aromatic carbocycles. The topological polar surface area (TPSA) is 66.4 Å². The third kappa shape index (κ3) is 2.45. The Kier molecular flexibility index (Phi) is 3.09. The zero-order valence-corrected chi connectivity index (χ0v) is 10.7. The maximum atomic E-state index is 11.8. The molecular formula is C10H15NO3S2. The summed E-state index contributed by atoms with van der Waals surface area (Å²) >= 11 is 1.24. The fraction of sp³-hybridized carbons (Fsp3) is 0.600. The summed E-state index contributed by atoms with van der Waals surface area (Å²) in [6.45, 7) is 1.98. The Bertz CT molecular complexity index is 474. The molecule has 0 amide bonds. The lowest BCUT2D eigenvalue weighted by Crippen LogP contribution is -2.47. The van der Waals surface area contributed by atoms with Crippen LogP contribution >= 0.6 is 11.3 Å². The van der Waals surface area contributed by atoms with Gasteiger partial charge in [0.05, 0.1) is 5.60 Å². The van der Waals surface area contributed by atoms with Gasteiger partial charge in [-0.05, 0) is 38.3 Å². The van der Waals surface area contributed by atoms with E-state index in [0.29, 0.717) is 17.1 Å². The largest absolute Gasteiger partial charge is 0.389 e. The van der Waals surface area contributed by atoms with Gasteiger partial charge in [-0.25, -0.2) is 13.1 Å². The van der Waals surface area contributed by atoms with Crippen molar-refractivity contribution in [3.8, 4) is 0 Å². The third-order valence-corrected chi connectivity index (χ3v) is 5.75. The van der Waals surface area contributed by atoms with Crippen LogP contribution in [0.1, 0.15) is 24.1 Å². The summed E-state index contributed by atoms with van der Waals surface area (Å²) in [4.78, 5) is 0.961. The van der Waals surface area contributed by atoms with Gasteiger partial charge in [-0.3, -0.25) is 0 Å². The van der Waals surface area contributed by atoms with E-state index < -0.39 is 15.6 Å². The monoisotopic (exact) mass is 261 g/mol. The molecule has 1 aromatic heterocycles. The second kappa shape index (κ2) is 4.10. The average molecular weight is 261 g/mol. The van der Waals surface area contributed by atoms with E-state index in [1.165, 1.54) is 11.3 Å². The van der Waals surface area contributed by atoms with Gasteiger partial charge in [-0.2, -0.15) is 0 Å². The van der Waals surface area contributed by atoms with E-state index in [4.69, 9.17) is 0 Å². The molecule has 0 aliphatic heterocycles. The Labute approximate surface area is 99.4 Å². The number of rotatable bonds is 4. The molecule has 0 unspecified atom stereocenters. The minimum absolute atomic E-state index is 0.117. The van der Waals surface area contributed by atoms with Gasteiger partial charge in [-0.15, -0.1) is 11.3 Å². The molecule has 1 saturated carbocycles. The highest BCUT2D eigenvalue weighted by Crippen LogP contribution is 2.31. The highest BCUT2D eigenvalue weighted by Gasteiger charge is 2.35. The highest BCUT2D eigenvalue weighted by atomic mass is 32.2. The van der Waals surface area contributed by atoms with Crippen molar-refractivity contribution in [2.24, 2.45) is 0 Å². The Morgan fingerprint density at radius 2 is 2.19 bits per heavy atom. The molecule has 6 heteroatoms. The normalized spacial score (nSPS) is 19.4. The summed E-state index contributed by atoms with van der Waals surface area (Å²) < 4.78 is 26.4. The Hall–Kier alpha value is -0.430. The molecule has 16 heavy (non-hydrogen) atoms. The summed E-state index contributed by atoms with van der Waals surface area (Å²) in [7, 11) is -3.44. The first-order valence-electron chi connectivity index (χ1n) is 5.20. The van der Waals surface area contributed by atoms with Crippen molar-refractivity contribution in [1.29, 1.82) is 0 Å². The van der Waals surface area contributed by atoms with Gasteiger partial charge in [0.15, 0.2) is 0 Å². The van der Waals surface area contributed by atoms with Crippen LogP contribution in [0.25, 0.3) is 0 Å². The van der Waals surface area contributed by atoms with Crippen molar-refractivity contribution in [1.82, 2.24) is 4.72 Å². The number of aryl methyl sites for hydroxylation is 1. The minimum atomic E-state index is -3.44. The number of nitrogens with one attached hydrogen (secondary N) is 1. The van der Waals surface area contributed by atoms with Gasteiger partial charge in [0.25, 0.3) is 0 Å². The SMILES string of the molecule is Cc1ccc(S(=O)(=O)NCC2(O)CCC2)s1. The fourth-order valence-corrected chi connectivity index (χ4v) is 4.07. The van der Waals surface area contributed by atoms with Crippen molar-refractivity contribution in [3.05, 3.63) is 17.0 Å². The van der Waals surface area contributed by atoms with E-state index in [1.54, 1.807) is 12.1 Å². The molecule has 0 saturated heterocycles. The second-order valence-corrected chi connectivity index (χ2v) is 7.55. The number of sulfonamides is 1. The molecule has 2 rings (SSSR count). The number of aliphatic hydroxyl groups is 1. The molecule has 1 heterocycles. The summed E-state index contributed by atoms with van der Waals surface area (Å²) in [5.74, 6) is 0. The van der Waals surface area contributed by atoms with E-state index in [9.17, 15) is 13.5 Å². The van der Waals surface area contributed by atoms with Crippen molar-refractivity contribution in [2.45, 2.75) is 36.0 Å². The van der Waals surface area contributed by atoms with Gasteiger partial charge >= 0.3 is 0 Å². The van der Waals surface area contributed by atoms with E-state index in [0.717, 1.165) is 11.3 Å². The smallest absolute Gasteiger partial charge is 0.250 e. The second-order valence-electron chi connectivity index (χ2n) is 4.27. The van der Waals surface area contributed by atoms with Crippen LogP contribution in [0.15, 0.2) is 16.3 Å². The summed E-state index contributed by atoms with van der Waals surface area (Å²) in [5, 5.41) is 9.80. The van der Waals surface area contributed by atoms with Crippen LogP contribution in [-0.2, 0) is 10.0 Å². The van der Waals surface area contributed by atoms with Crippen molar-refractivity contribution in [3.63, 3.8) is 0 Å². The van der Waals surface area contributed by atoms with Crippen LogP contribution in [0.3, 0.4) is 0 Å². The molecule has 1 aliphatic rings. The van der Waals surface area contributed by atoms with Crippen LogP contribution in [0.4, 0.5) is 0 Å². The molecule has 0 radical (unpaired) electrons. The van der Waals surface area contributed by atoms with E-state index in [2.05, 4.69) is 4.72 Å². The third-order valence-electron chi connectivity index (χ3n) is 2.86. The first kappa shape index (κ1) is 12.0. The lowest BCUT2D eigenvalue weighted by Gasteiger charge is -2.36. The first-order chi connectivity index (χ1) is 7.41. The molecular weight excluding hydrogens is 246 g/mol. The summed E-state index contributed by atoms with van der Waals surface area (Å²) in [6, 6.07) is 3.37. The van der Waals surface area contributed by atoms with Gasteiger partial charge in [0.2, 0.25) is 10.0 Å². The zero-order chi connectivity index (χ0) is 11.8. The number of thiophene rings is 1. The van der Waals surface area contributed by atoms with E-state index >= 15 is 0 Å². The van der Waals surface area contributed by atoms with E-state index in [1.807, 2.05) is 6.92 Å². The van der Waals surface area contributed by atoms with E-state index in [-0.39, 0.29) is 6.54 Å². The highest BCUT2D eigenvalue weighted by molar-refractivity contribution is 7.91. The summed E-state index contributed by atoms with van der Waals surface area (Å²) in [5.41, 5.74) is -0.820. The maximum Gasteiger partial charge on any atom is 0.250 e. The van der Waals surface area contributed by atoms with Gasteiger partial charge in [-0.1, -0.05) is 0 Å². The van der Waals surface area contributed by atoms with Crippen LogP contribution in [0.2, 0.25) is 0 Å². The lowest BCUT2D eigenvalue weighted by atomic mass is 9.81. The standard InChI is InChI=1S/C10H15NO3S2/c1-8-3-4-9(15-8)16(13,14)11-7-10(12)5-2-6-10/h3-4,11-12H,2,5-7H2,1H3. The van der Waals surface area contributed by atoms with Gasteiger partial charge < -0.3 is 5.11 Å². The Morgan fingerprint density at radius 1 is 1.50 bits per heavy atom. The zero-order valence-electron chi connectivity index (χ0n) is 9.06. The molecule has 1 aliphatic carbocycles. The Morgan fingerprint density at radius 3 is 2.62 bits per heavy atom. The first-order valence-corrected chi connectivity index (χ1v) is 7.50. The molecule has 0 atom stereocenters. The van der Waals surface area contributed by atoms with Gasteiger partial charge in [0.1, 0.15) is 4.21 Å². The van der Waals surface area contributed by atoms with Crippen LogP contribution in [0, 0.1) is 6.92 Å². The Balaban J connectivity index is 2.03. The molecule has 0 spiro atoms. The van der Waals surface area contributed by atoms with Crippen molar-refractivity contribution < 1.29 is 13.5 Å². The molecule has 2 N–H and O–H groups in total. The predicted molar refractivity (Wildman–Crippen MR) is 63.0 cm³/mol. The quantitative estimate of drug-likeness (QED) is 0.857. The minimum Gasteiger partial charge on any atom is -0.389 e. The molecule has 0 bridgehead atoms. The number of hydrogen-bond acceptors (Lipinski definition) is 4. The lowest BCUT2D eigenvalue weighted by molar-refractivity contribution is -0.0270. The van der Waals surface area contributed by atoms with Crippen LogP contribution < -0.4 is 4.72 Å². The van der Waals surface area contributed by atoms with Crippen molar-refractivity contribution in [2.75, 3.05) is 6.54 Å². The molecule has 4 nitrogen and oxygen atoms in total. The number of hydrogen-bond donors (Lipinski definition) is 2. The fourth-order valence-electron chi connectivity index (χ4n) is 1.62. The van der Waals surface area contributed by atoms with Crippen LogP contribution in [-0.4, -0.2) is 25.7 Å². The molecule has 1 aromatic rings. The molecule has 90 valence electrons. The van der Waals surface area contributed by atoms with Gasteiger partial charge in [0, 0.05) is 11.4 Å². The molecule has 1 fully saturated rings.